The Kier molecular flexibility index (Phi) is 4.31. The highest BCUT2D eigenvalue weighted by atomic mass is 16.4. The number of carbonyl (C=O) groups is 1. The van der Waals surface area contributed by atoms with E-state index in [1.54, 1.807) is 0 Å². The molecule has 0 amide bonds. The summed E-state index contributed by atoms with van der Waals surface area (Å²) in [6, 6.07) is 7.84. The molecule has 0 spiro atoms. The number of anilines is 1. The molecule has 1 aromatic carbocycles. The minimum absolute atomic E-state index is 0.171. The summed E-state index contributed by atoms with van der Waals surface area (Å²) in [7, 11) is 3.93. The van der Waals surface area contributed by atoms with Gasteiger partial charge in [0.15, 0.2) is 0 Å². The Morgan fingerprint density at radius 3 is 2.31 bits per heavy atom. The molecule has 0 saturated carbocycles. The highest BCUT2D eigenvalue weighted by Gasteiger charge is 2.15. The van der Waals surface area contributed by atoms with Gasteiger partial charge in [-0.25, -0.2) is 0 Å². The van der Waals surface area contributed by atoms with E-state index in [0.717, 1.165) is 11.3 Å². The smallest absolute Gasteiger partial charge is 0.308 e. The van der Waals surface area contributed by atoms with Crippen LogP contribution in [-0.2, 0) is 11.2 Å². The van der Waals surface area contributed by atoms with Gasteiger partial charge in [-0.05, 0) is 24.1 Å². The summed E-state index contributed by atoms with van der Waals surface area (Å²) in [5.74, 6) is -1.33. The van der Waals surface area contributed by atoms with E-state index in [-0.39, 0.29) is 6.54 Å². The molecule has 4 nitrogen and oxygen atoms in total. The van der Waals surface area contributed by atoms with Crippen molar-refractivity contribution in [3.8, 4) is 0 Å². The molecule has 0 radical (unpaired) electrons. The lowest BCUT2D eigenvalue weighted by molar-refractivity contribution is -0.141. The van der Waals surface area contributed by atoms with E-state index in [2.05, 4.69) is 0 Å². The van der Waals surface area contributed by atoms with Crippen LogP contribution in [0.25, 0.3) is 0 Å². The van der Waals surface area contributed by atoms with Gasteiger partial charge in [-0.2, -0.15) is 0 Å². The van der Waals surface area contributed by atoms with Crippen molar-refractivity contribution in [3.63, 3.8) is 0 Å². The molecule has 0 saturated heterocycles. The maximum Gasteiger partial charge on any atom is 0.308 e. The Hall–Kier alpha value is -1.55. The van der Waals surface area contributed by atoms with Crippen LogP contribution in [-0.4, -0.2) is 31.7 Å². The van der Waals surface area contributed by atoms with Gasteiger partial charge in [-0.15, -0.1) is 0 Å². The van der Waals surface area contributed by atoms with Crippen LogP contribution in [0.4, 0.5) is 5.69 Å². The summed E-state index contributed by atoms with van der Waals surface area (Å²) >= 11 is 0. The third-order valence-electron chi connectivity index (χ3n) is 2.57. The zero-order chi connectivity index (χ0) is 12.1. The summed E-state index contributed by atoms with van der Waals surface area (Å²) < 4.78 is 0. The number of nitrogens with zero attached hydrogens (tertiary/aromatic N) is 1. The van der Waals surface area contributed by atoms with Crippen molar-refractivity contribution in [1.29, 1.82) is 0 Å². The lowest BCUT2D eigenvalue weighted by Crippen LogP contribution is -2.25. The zero-order valence-corrected chi connectivity index (χ0v) is 9.68. The number of benzene rings is 1. The lowest BCUT2D eigenvalue weighted by atomic mass is 9.99. The number of nitrogens with two attached hydrogens (primary N) is 1. The fourth-order valence-electron chi connectivity index (χ4n) is 1.49. The van der Waals surface area contributed by atoms with Crippen molar-refractivity contribution >= 4 is 11.7 Å². The van der Waals surface area contributed by atoms with Gasteiger partial charge in [-0.3, -0.25) is 4.79 Å². The molecule has 0 bridgehead atoms. The average molecular weight is 222 g/mol. The number of carboxylic acids is 1. The Balaban J connectivity index is 2.71. The first-order chi connectivity index (χ1) is 7.54. The molecule has 0 fully saturated rings. The molecular formula is C12H18N2O2. The van der Waals surface area contributed by atoms with Gasteiger partial charge < -0.3 is 15.7 Å². The number of carboxylic acid groups (broad SMARTS) is 1. The van der Waals surface area contributed by atoms with Crippen LogP contribution in [0, 0.1) is 5.92 Å². The molecule has 1 atom stereocenters. The summed E-state index contributed by atoms with van der Waals surface area (Å²) in [5, 5.41) is 8.89. The molecule has 0 aliphatic heterocycles. The SMILES string of the molecule is CN(C)c1ccc(C[C@H](CN)C(=O)O)cc1. The fourth-order valence-corrected chi connectivity index (χ4v) is 1.49. The van der Waals surface area contributed by atoms with Crippen molar-refractivity contribution < 1.29 is 9.90 Å². The molecule has 0 unspecified atom stereocenters. The first-order valence-corrected chi connectivity index (χ1v) is 5.23. The summed E-state index contributed by atoms with van der Waals surface area (Å²) in [4.78, 5) is 12.8. The highest BCUT2D eigenvalue weighted by molar-refractivity contribution is 5.70. The van der Waals surface area contributed by atoms with Gasteiger partial charge in [0.1, 0.15) is 0 Å². The normalized spacial score (nSPS) is 12.2. The minimum atomic E-state index is -0.834. The first kappa shape index (κ1) is 12.5. The quantitative estimate of drug-likeness (QED) is 0.778. The van der Waals surface area contributed by atoms with Crippen LogP contribution in [0.2, 0.25) is 0 Å². The molecule has 4 heteroatoms. The van der Waals surface area contributed by atoms with E-state index in [4.69, 9.17) is 10.8 Å². The van der Waals surface area contributed by atoms with Crippen LogP contribution in [0.5, 0.6) is 0 Å². The van der Waals surface area contributed by atoms with E-state index in [1.165, 1.54) is 0 Å². The Morgan fingerprint density at radius 2 is 1.94 bits per heavy atom. The third kappa shape index (κ3) is 3.24. The molecule has 0 aliphatic carbocycles. The van der Waals surface area contributed by atoms with Crippen molar-refractivity contribution in [3.05, 3.63) is 29.8 Å². The monoisotopic (exact) mass is 222 g/mol. The van der Waals surface area contributed by atoms with Gasteiger partial charge in [0.2, 0.25) is 0 Å². The predicted molar refractivity (Wildman–Crippen MR) is 64.7 cm³/mol. The fraction of sp³-hybridized carbons (Fsp3) is 0.417. The van der Waals surface area contributed by atoms with E-state index in [1.807, 2.05) is 43.3 Å². The van der Waals surface area contributed by atoms with Crippen molar-refractivity contribution in [2.24, 2.45) is 11.7 Å². The molecule has 3 N–H and O–H groups in total. The second-order valence-electron chi connectivity index (χ2n) is 4.04. The minimum Gasteiger partial charge on any atom is -0.481 e. The topological polar surface area (TPSA) is 66.6 Å². The van der Waals surface area contributed by atoms with Crippen LogP contribution in [0.15, 0.2) is 24.3 Å². The average Bonchev–Trinajstić information content (AvgIpc) is 2.26. The van der Waals surface area contributed by atoms with Gasteiger partial charge in [0.05, 0.1) is 5.92 Å². The van der Waals surface area contributed by atoms with Gasteiger partial charge in [0.25, 0.3) is 0 Å². The van der Waals surface area contributed by atoms with Gasteiger partial charge >= 0.3 is 5.97 Å². The van der Waals surface area contributed by atoms with E-state index in [9.17, 15) is 4.79 Å². The number of hydrogen-bond donors (Lipinski definition) is 2. The zero-order valence-electron chi connectivity index (χ0n) is 9.68. The first-order valence-electron chi connectivity index (χ1n) is 5.23. The summed E-state index contributed by atoms with van der Waals surface area (Å²) in [6.45, 7) is 0.171. The Labute approximate surface area is 95.7 Å². The predicted octanol–water partition coefficient (Wildman–Crippen LogP) is 0.955. The van der Waals surface area contributed by atoms with Crippen LogP contribution in [0.1, 0.15) is 5.56 Å². The summed E-state index contributed by atoms with van der Waals surface area (Å²) in [5.41, 5.74) is 7.51. The van der Waals surface area contributed by atoms with E-state index >= 15 is 0 Å². The highest BCUT2D eigenvalue weighted by Crippen LogP contribution is 2.15. The standard InChI is InChI=1S/C12H18N2O2/c1-14(2)11-5-3-9(4-6-11)7-10(8-13)12(15)16/h3-6,10H,7-8,13H2,1-2H3,(H,15,16)/t10-/m1/s1. The maximum atomic E-state index is 10.8. The molecule has 0 aromatic heterocycles. The Bertz CT molecular complexity index is 347. The molecule has 1 rings (SSSR count). The summed E-state index contributed by atoms with van der Waals surface area (Å²) in [6.07, 6.45) is 0.486. The number of hydrogen-bond acceptors (Lipinski definition) is 3. The van der Waals surface area contributed by atoms with E-state index < -0.39 is 11.9 Å². The number of rotatable bonds is 5. The van der Waals surface area contributed by atoms with Gasteiger partial charge in [0, 0.05) is 26.3 Å². The van der Waals surface area contributed by atoms with Crippen molar-refractivity contribution in [2.75, 3.05) is 25.5 Å². The van der Waals surface area contributed by atoms with Gasteiger partial charge in [-0.1, -0.05) is 12.1 Å². The molecule has 1 aromatic rings. The largest absolute Gasteiger partial charge is 0.481 e. The number of aliphatic carboxylic acids is 1. The third-order valence-corrected chi connectivity index (χ3v) is 2.57. The van der Waals surface area contributed by atoms with Crippen LogP contribution in [0.3, 0.4) is 0 Å². The van der Waals surface area contributed by atoms with Crippen LogP contribution >= 0.6 is 0 Å². The lowest BCUT2D eigenvalue weighted by Gasteiger charge is -2.14. The molecule has 0 heterocycles. The molecule has 0 aliphatic rings. The molecule has 16 heavy (non-hydrogen) atoms. The molecule has 88 valence electrons. The second-order valence-corrected chi connectivity index (χ2v) is 4.04. The van der Waals surface area contributed by atoms with Crippen molar-refractivity contribution in [2.45, 2.75) is 6.42 Å². The van der Waals surface area contributed by atoms with E-state index in [0.29, 0.717) is 6.42 Å². The Morgan fingerprint density at radius 1 is 1.38 bits per heavy atom. The maximum absolute atomic E-state index is 10.8. The van der Waals surface area contributed by atoms with Crippen molar-refractivity contribution in [1.82, 2.24) is 0 Å². The van der Waals surface area contributed by atoms with Crippen LogP contribution < -0.4 is 10.6 Å². The second kappa shape index (κ2) is 5.51. The molecular weight excluding hydrogens is 204 g/mol.